The van der Waals surface area contributed by atoms with Gasteiger partial charge in [0.1, 0.15) is 56.8 Å². The van der Waals surface area contributed by atoms with E-state index in [2.05, 4.69) is 56.1 Å². The maximum atomic E-state index is 15.6. The molecule has 0 aromatic heterocycles. The van der Waals surface area contributed by atoms with Crippen molar-refractivity contribution < 1.29 is 86.3 Å². The standard InChI is InChI=1S/C43H55NO9.C39H46O8.C4H9NO/c1-24(2)11-10-16-41(8)17-15-27-34(45)31-35(46)32-33(44-19-21-50-22-20-44)29-23-30-40(6,7)53-42(38(29)47,18-14-26(5)39(48)49-9)43(30,32)52-37(31)28(36(27)51-41)13-12-25(3)4;1-21(2)11-10-16-37(8)17-15-25-30(40)29-31(41)27-19-24-20-28-36(6,7)47-38(34(24)42,18-14-23(5)35(43)44-9)39(27,28)46-33(29)26(32(25)45-37)13-12-22(3)4;1-3-6-4-2-5-1/h11-12,14-15,17,29-30,32-33,45H,10,13,16,18-23H2,1-9H3;11-12,14-15,17,19,24,28,40H,10,13,16,18,20H2,1-9H3;5H,1-4H2/b26-14-;23-14-;/t29-,30?,32?,33?,41?,42+,43-;24-,28?,37?,38-,39-;/m01./s1. The topological polar surface area (TPSA) is 250 Å². The van der Waals surface area contributed by atoms with Crippen LogP contribution in [0.4, 0.5) is 0 Å². The number of esters is 2. The first-order chi connectivity index (χ1) is 50.0. The van der Waals surface area contributed by atoms with Gasteiger partial charge < -0.3 is 62.9 Å². The minimum Gasteiger partial charge on any atom is -0.506 e. The van der Waals surface area contributed by atoms with Gasteiger partial charge in [0.05, 0.1) is 68.9 Å². The molecule has 0 amide bonds. The van der Waals surface area contributed by atoms with Gasteiger partial charge in [0.15, 0.2) is 45.5 Å². The number of allylic oxidation sites excluding steroid dienone is 9. The predicted octanol–water partition coefficient (Wildman–Crippen LogP) is 13.7. The number of ether oxygens (including phenoxy) is 10. The summed E-state index contributed by atoms with van der Waals surface area (Å²) in [4.78, 5) is 87.3. The van der Waals surface area contributed by atoms with Crippen molar-refractivity contribution in [2.75, 3.05) is 66.8 Å². The van der Waals surface area contributed by atoms with Gasteiger partial charge in [-0.1, -0.05) is 64.8 Å². The molecule has 6 aliphatic carbocycles. The van der Waals surface area contributed by atoms with E-state index in [1.165, 1.54) is 25.4 Å². The van der Waals surface area contributed by atoms with E-state index < -0.39 is 80.5 Å². The number of nitrogens with one attached hydrogen (secondary N) is 1. The second-order valence-corrected chi connectivity index (χ2v) is 33.4. The lowest BCUT2D eigenvalue weighted by atomic mass is 9.44. The summed E-state index contributed by atoms with van der Waals surface area (Å²) in [5.41, 5.74) is -1.14. The fourth-order valence-electron chi connectivity index (χ4n) is 19.1. The molecule has 2 aromatic carbocycles. The maximum Gasteiger partial charge on any atom is 0.333 e. The molecule has 4 saturated heterocycles. The third-order valence-electron chi connectivity index (χ3n) is 24.2. The largest absolute Gasteiger partial charge is 0.506 e. The number of fused-ring (bicyclic) bond motifs is 4. The number of rotatable bonds is 17. The molecule has 4 saturated carbocycles. The van der Waals surface area contributed by atoms with E-state index in [9.17, 15) is 29.4 Å². The lowest BCUT2D eigenvalue weighted by molar-refractivity contribution is -0.216. The van der Waals surface area contributed by atoms with Crippen LogP contribution in [0.25, 0.3) is 12.2 Å². The van der Waals surface area contributed by atoms with Crippen LogP contribution in [0.15, 0.2) is 93.7 Å². The number of phenols is 2. The minimum atomic E-state index is -1.58. The highest BCUT2D eigenvalue weighted by Gasteiger charge is 2.86. The Bertz CT molecular complexity index is 4230. The summed E-state index contributed by atoms with van der Waals surface area (Å²) in [5, 5.41) is 27.2. The molecule has 0 radical (unpaired) electrons. The Morgan fingerprint density at radius 2 is 1.06 bits per heavy atom. The molecule has 14 aliphatic rings. The van der Waals surface area contributed by atoms with Crippen LogP contribution in [0.1, 0.15) is 205 Å². The summed E-state index contributed by atoms with van der Waals surface area (Å²) in [6.45, 7) is 37.4. The summed E-state index contributed by atoms with van der Waals surface area (Å²) in [6, 6.07) is -0.485. The van der Waals surface area contributed by atoms with Gasteiger partial charge in [0.2, 0.25) is 0 Å². The minimum absolute atomic E-state index is 0.0189. The van der Waals surface area contributed by atoms with E-state index in [-0.39, 0.29) is 81.9 Å². The molecular weight excluding hydrogens is 1350 g/mol. The average molecular weight is 1460 g/mol. The van der Waals surface area contributed by atoms with E-state index in [0.29, 0.717) is 115 Å². The van der Waals surface area contributed by atoms with Crippen molar-refractivity contribution in [1.82, 2.24) is 10.2 Å². The smallest absolute Gasteiger partial charge is 0.333 e. The molecule has 6 unspecified atom stereocenters. The zero-order valence-corrected chi connectivity index (χ0v) is 65.4. The van der Waals surface area contributed by atoms with Gasteiger partial charge in [-0.2, -0.15) is 0 Å². The van der Waals surface area contributed by atoms with E-state index in [1.54, 1.807) is 32.1 Å². The Kier molecular flexibility index (Phi) is 21.3. The molecule has 8 fully saturated rings. The Morgan fingerprint density at radius 1 is 0.575 bits per heavy atom. The number of carbonyl (C=O) groups excluding carboxylic acids is 6. The molecule has 106 heavy (non-hydrogen) atoms. The van der Waals surface area contributed by atoms with Gasteiger partial charge >= 0.3 is 11.9 Å². The molecule has 20 nitrogen and oxygen atoms in total. The number of hydrogen-bond acceptors (Lipinski definition) is 20. The Labute approximate surface area is 624 Å². The summed E-state index contributed by atoms with van der Waals surface area (Å²) in [5.74, 6) is -3.53. The molecule has 8 bridgehead atoms. The van der Waals surface area contributed by atoms with Gasteiger partial charge in [-0.05, 0) is 186 Å². The van der Waals surface area contributed by atoms with Crippen LogP contribution in [-0.4, -0.2) is 168 Å². The third kappa shape index (κ3) is 12.9. The van der Waals surface area contributed by atoms with E-state index in [4.69, 9.17) is 47.4 Å². The number of nitrogens with zero attached hydrogens (tertiary/aromatic N) is 1. The van der Waals surface area contributed by atoms with Gasteiger partial charge in [-0.15, -0.1) is 0 Å². The highest BCUT2D eigenvalue weighted by molar-refractivity contribution is 6.19. The molecule has 16 rings (SSSR count). The SMILES string of the molecule is C1COCCN1.COC(=O)/C(C)=C\C[C@@]12OC(C)(C)C3C[C@H](C1=O)C(N1CCOCC1)C1C(=O)c4c(O)c5c(c(CC=C(C)C)c4O[C@]132)OC(C)(CCC=C(C)C)C=C5.COC(=O)/C(C)=C\C[C@]12OC(C)(C)C3C[C@@H](C=C4C(=O)c5c(O)c6c(c(CC=C(C)C)c5O[C@]431)OC(C)(CCC=C(C)C)C=C6)C2=O. The van der Waals surface area contributed by atoms with E-state index >= 15 is 9.59 Å². The number of Topliss-reactive ketones (excluding diaryl/α,β-unsaturated/α-hetero) is 4. The van der Waals surface area contributed by atoms with Crippen molar-refractivity contribution in [2.24, 2.45) is 29.6 Å². The molecule has 20 heteroatoms. The van der Waals surface area contributed by atoms with Crippen molar-refractivity contribution in [3.8, 4) is 34.5 Å². The summed E-state index contributed by atoms with van der Waals surface area (Å²) in [7, 11) is 2.63. The molecular formula is C86H110N2O18. The highest BCUT2D eigenvalue weighted by atomic mass is 16.6. The van der Waals surface area contributed by atoms with Crippen LogP contribution < -0.4 is 24.3 Å². The zero-order chi connectivity index (χ0) is 76.8. The number of carbonyl (C=O) groups is 6. The average Bonchev–Trinajstić information content (AvgIpc) is 1.42. The van der Waals surface area contributed by atoms with Crippen molar-refractivity contribution >= 4 is 47.2 Å². The maximum absolute atomic E-state index is 15.6. The lowest BCUT2D eigenvalue weighted by Crippen LogP contribution is -2.82. The quantitative estimate of drug-likeness (QED) is 0.0756. The van der Waals surface area contributed by atoms with Gasteiger partial charge in [0.25, 0.3) is 0 Å². The lowest BCUT2D eigenvalue weighted by Gasteiger charge is -2.64. The number of benzene rings is 2. The van der Waals surface area contributed by atoms with E-state index in [1.807, 2.05) is 99.6 Å². The third-order valence-corrected chi connectivity index (χ3v) is 24.2. The van der Waals surface area contributed by atoms with Crippen LogP contribution in [-0.2, 0) is 60.4 Å². The Balaban J connectivity index is 0.000000185. The molecule has 2 spiro atoms. The van der Waals surface area contributed by atoms with Gasteiger partial charge in [-0.25, -0.2) is 9.59 Å². The number of phenolic OH excluding ortho intramolecular Hbond substituents is 2. The highest BCUT2D eigenvalue weighted by Crippen LogP contribution is 2.72. The molecule has 3 N–H and O–H groups in total. The zero-order valence-electron chi connectivity index (χ0n) is 65.4. The van der Waals surface area contributed by atoms with Crippen molar-refractivity contribution in [2.45, 2.75) is 226 Å². The van der Waals surface area contributed by atoms with Crippen LogP contribution in [0, 0.1) is 29.6 Å². The Hall–Kier alpha value is -7.72. The van der Waals surface area contributed by atoms with E-state index in [0.717, 1.165) is 50.3 Å². The molecule has 8 aliphatic heterocycles. The fraction of sp³-hybridized carbons (Fsp3) is 0.581. The Morgan fingerprint density at radius 3 is 1.55 bits per heavy atom. The number of ketones is 4. The first-order valence-electron chi connectivity index (χ1n) is 38.0. The second kappa shape index (κ2) is 29.0. The van der Waals surface area contributed by atoms with Crippen molar-refractivity contribution in [3.05, 3.63) is 127 Å². The van der Waals surface area contributed by atoms with Crippen LogP contribution in [0.2, 0.25) is 0 Å². The van der Waals surface area contributed by atoms with Crippen molar-refractivity contribution in [1.29, 1.82) is 0 Å². The summed E-state index contributed by atoms with van der Waals surface area (Å²) >= 11 is 0. The molecule has 2 aromatic rings. The molecule has 572 valence electrons. The normalized spacial score (nSPS) is 31.8. The fourth-order valence-corrected chi connectivity index (χ4v) is 19.1. The molecule has 12 atom stereocenters. The summed E-state index contributed by atoms with van der Waals surface area (Å²) < 4.78 is 62.8. The van der Waals surface area contributed by atoms with Crippen LogP contribution in [0.5, 0.6) is 34.5 Å². The van der Waals surface area contributed by atoms with Crippen LogP contribution in [0.3, 0.4) is 0 Å². The first-order valence-corrected chi connectivity index (χ1v) is 38.0. The van der Waals surface area contributed by atoms with Gasteiger partial charge in [-0.3, -0.25) is 24.1 Å². The second-order valence-electron chi connectivity index (χ2n) is 33.4. The summed E-state index contributed by atoms with van der Waals surface area (Å²) in [6.07, 6.45) is 26.0. The number of methoxy groups -OCH3 is 2. The van der Waals surface area contributed by atoms with Crippen LogP contribution >= 0.6 is 0 Å². The monoisotopic (exact) mass is 1460 g/mol. The van der Waals surface area contributed by atoms with Crippen molar-refractivity contribution in [3.63, 3.8) is 0 Å². The number of aromatic hydroxyl groups is 2. The first kappa shape index (κ1) is 77.9. The molecule has 8 heterocycles. The predicted molar refractivity (Wildman–Crippen MR) is 403 cm³/mol. The number of hydrogen-bond donors (Lipinski definition) is 3. The van der Waals surface area contributed by atoms with Gasteiger partial charge in [0, 0.05) is 96.6 Å². The number of morpholine rings is 2.